The SMILES string of the molecule is CC.CCC.NCCN(Cc1ccccn1)Cc1ccccn1. The predicted molar refractivity (Wildman–Crippen MR) is 99.0 cm³/mol. The van der Waals surface area contributed by atoms with Gasteiger partial charge in [0.25, 0.3) is 0 Å². The summed E-state index contributed by atoms with van der Waals surface area (Å²) in [6.07, 6.45) is 4.88. The minimum absolute atomic E-state index is 0.639. The fourth-order valence-corrected chi connectivity index (χ4v) is 1.84. The summed E-state index contributed by atoms with van der Waals surface area (Å²) in [6.45, 7) is 11.3. The van der Waals surface area contributed by atoms with E-state index >= 15 is 0 Å². The van der Waals surface area contributed by atoms with E-state index in [-0.39, 0.29) is 0 Å². The molecule has 2 rings (SSSR count). The Morgan fingerprint density at radius 3 is 1.61 bits per heavy atom. The molecule has 0 radical (unpaired) electrons. The van der Waals surface area contributed by atoms with Crippen LogP contribution in [0.25, 0.3) is 0 Å². The summed E-state index contributed by atoms with van der Waals surface area (Å²) in [4.78, 5) is 10.9. The highest BCUT2D eigenvalue weighted by Crippen LogP contribution is 2.05. The number of aromatic nitrogens is 2. The highest BCUT2D eigenvalue weighted by Gasteiger charge is 2.07. The summed E-state index contributed by atoms with van der Waals surface area (Å²) in [6, 6.07) is 11.9. The van der Waals surface area contributed by atoms with Crippen molar-refractivity contribution in [2.75, 3.05) is 13.1 Å². The molecule has 0 aliphatic heterocycles. The first kappa shape index (κ1) is 21.2. The highest BCUT2D eigenvalue weighted by atomic mass is 15.1. The van der Waals surface area contributed by atoms with Gasteiger partial charge in [0.15, 0.2) is 0 Å². The van der Waals surface area contributed by atoms with Crippen LogP contribution in [0.5, 0.6) is 0 Å². The maximum atomic E-state index is 5.65. The molecule has 128 valence electrons. The van der Waals surface area contributed by atoms with E-state index in [2.05, 4.69) is 28.7 Å². The number of nitrogens with two attached hydrogens (primary N) is 1. The second kappa shape index (κ2) is 15.1. The zero-order valence-corrected chi connectivity index (χ0v) is 15.1. The molecular formula is C19H32N4. The molecule has 0 bridgehead atoms. The molecule has 2 aromatic heterocycles. The standard InChI is InChI=1S/C14H18N4.C3H8.C2H6/c15-7-10-18(11-13-5-1-3-8-16-13)12-14-6-2-4-9-17-14;1-3-2;1-2/h1-6,8-9H,7,10-12,15H2;3H2,1-2H3;1-2H3. The molecule has 4 nitrogen and oxygen atoms in total. The number of nitrogens with zero attached hydrogens (tertiary/aromatic N) is 3. The van der Waals surface area contributed by atoms with Gasteiger partial charge in [-0.05, 0) is 24.3 Å². The van der Waals surface area contributed by atoms with Crippen molar-refractivity contribution < 1.29 is 0 Å². The Kier molecular flexibility index (Phi) is 14.0. The van der Waals surface area contributed by atoms with Gasteiger partial charge in [-0.2, -0.15) is 0 Å². The smallest absolute Gasteiger partial charge is 0.0544 e. The van der Waals surface area contributed by atoms with Crippen molar-refractivity contribution in [1.82, 2.24) is 14.9 Å². The summed E-state index contributed by atoms with van der Waals surface area (Å²) in [5.74, 6) is 0. The molecule has 0 spiro atoms. The molecule has 0 aliphatic rings. The lowest BCUT2D eigenvalue weighted by molar-refractivity contribution is 0.258. The van der Waals surface area contributed by atoms with Crippen LogP contribution >= 0.6 is 0 Å². The quantitative estimate of drug-likeness (QED) is 0.878. The molecule has 0 fully saturated rings. The number of hydrogen-bond acceptors (Lipinski definition) is 4. The first-order valence-electron chi connectivity index (χ1n) is 8.52. The van der Waals surface area contributed by atoms with Gasteiger partial charge in [0.1, 0.15) is 0 Å². The molecular weight excluding hydrogens is 284 g/mol. The second-order valence-electron chi connectivity index (χ2n) is 4.85. The minimum Gasteiger partial charge on any atom is -0.329 e. The lowest BCUT2D eigenvalue weighted by Crippen LogP contribution is -2.29. The molecule has 0 aromatic carbocycles. The summed E-state index contributed by atoms with van der Waals surface area (Å²) in [5.41, 5.74) is 7.77. The van der Waals surface area contributed by atoms with Gasteiger partial charge in [-0.1, -0.05) is 46.2 Å². The first-order chi connectivity index (χ1) is 11.3. The normalized spacial score (nSPS) is 9.48. The van der Waals surface area contributed by atoms with Crippen molar-refractivity contribution in [2.45, 2.75) is 47.2 Å². The minimum atomic E-state index is 0.639. The van der Waals surface area contributed by atoms with Gasteiger partial charge >= 0.3 is 0 Å². The van der Waals surface area contributed by atoms with Crippen LogP contribution in [0.4, 0.5) is 0 Å². The Hall–Kier alpha value is -1.78. The molecule has 0 unspecified atom stereocenters. The van der Waals surface area contributed by atoms with Gasteiger partial charge in [-0.15, -0.1) is 0 Å². The number of pyridine rings is 2. The van der Waals surface area contributed by atoms with Gasteiger partial charge in [-0.25, -0.2) is 0 Å². The van der Waals surface area contributed by atoms with Gasteiger partial charge < -0.3 is 5.73 Å². The second-order valence-corrected chi connectivity index (χ2v) is 4.85. The average molecular weight is 316 g/mol. The molecule has 23 heavy (non-hydrogen) atoms. The van der Waals surface area contributed by atoms with Crippen LogP contribution in [0.2, 0.25) is 0 Å². The van der Waals surface area contributed by atoms with E-state index in [1.807, 2.05) is 62.6 Å². The van der Waals surface area contributed by atoms with E-state index in [4.69, 9.17) is 5.73 Å². The summed E-state index contributed by atoms with van der Waals surface area (Å²) >= 11 is 0. The van der Waals surface area contributed by atoms with E-state index in [0.29, 0.717) is 6.54 Å². The predicted octanol–water partition coefficient (Wildman–Crippen LogP) is 3.88. The number of rotatable bonds is 6. The molecule has 0 atom stereocenters. The van der Waals surface area contributed by atoms with Crippen molar-refractivity contribution in [3.05, 3.63) is 60.2 Å². The van der Waals surface area contributed by atoms with Gasteiger partial charge in [-0.3, -0.25) is 14.9 Å². The van der Waals surface area contributed by atoms with Crippen molar-refractivity contribution in [2.24, 2.45) is 5.73 Å². The Bertz CT molecular complexity index is 418. The van der Waals surface area contributed by atoms with Crippen LogP contribution < -0.4 is 5.73 Å². The van der Waals surface area contributed by atoms with E-state index in [1.54, 1.807) is 0 Å². The topological polar surface area (TPSA) is 55.0 Å². The molecule has 0 saturated heterocycles. The van der Waals surface area contributed by atoms with Gasteiger partial charge in [0.05, 0.1) is 11.4 Å². The van der Waals surface area contributed by atoms with E-state index in [0.717, 1.165) is 31.0 Å². The van der Waals surface area contributed by atoms with E-state index in [1.165, 1.54) is 6.42 Å². The zero-order chi connectivity index (χ0) is 17.3. The van der Waals surface area contributed by atoms with Crippen molar-refractivity contribution in [3.63, 3.8) is 0 Å². The molecule has 4 heteroatoms. The third kappa shape index (κ3) is 10.6. The Morgan fingerprint density at radius 2 is 1.30 bits per heavy atom. The molecule has 0 saturated carbocycles. The molecule has 2 N–H and O–H groups in total. The largest absolute Gasteiger partial charge is 0.329 e. The zero-order valence-electron chi connectivity index (χ0n) is 15.1. The monoisotopic (exact) mass is 316 g/mol. The van der Waals surface area contributed by atoms with Crippen LogP contribution in [-0.2, 0) is 13.1 Å². The Labute approximate surface area is 141 Å². The first-order valence-corrected chi connectivity index (χ1v) is 8.52. The third-order valence-corrected chi connectivity index (χ3v) is 2.67. The highest BCUT2D eigenvalue weighted by molar-refractivity contribution is 5.06. The van der Waals surface area contributed by atoms with Crippen LogP contribution in [0.1, 0.15) is 45.5 Å². The van der Waals surface area contributed by atoms with E-state index < -0.39 is 0 Å². The molecule has 2 aromatic rings. The molecule has 2 heterocycles. The fraction of sp³-hybridized carbons (Fsp3) is 0.474. The summed E-state index contributed by atoms with van der Waals surface area (Å²) in [5, 5.41) is 0. The van der Waals surface area contributed by atoms with Crippen LogP contribution in [0.3, 0.4) is 0 Å². The fourth-order valence-electron chi connectivity index (χ4n) is 1.84. The van der Waals surface area contributed by atoms with Gasteiger partial charge in [0.2, 0.25) is 0 Å². The van der Waals surface area contributed by atoms with Crippen molar-refractivity contribution in [1.29, 1.82) is 0 Å². The van der Waals surface area contributed by atoms with Crippen molar-refractivity contribution in [3.8, 4) is 0 Å². The molecule has 0 aliphatic carbocycles. The maximum Gasteiger partial charge on any atom is 0.0544 e. The summed E-state index contributed by atoms with van der Waals surface area (Å²) in [7, 11) is 0. The molecule has 0 amide bonds. The van der Waals surface area contributed by atoms with Crippen LogP contribution in [0.15, 0.2) is 48.8 Å². The maximum absolute atomic E-state index is 5.65. The third-order valence-electron chi connectivity index (χ3n) is 2.67. The van der Waals surface area contributed by atoms with Crippen LogP contribution in [-0.4, -0.2) is 28.0 Å². The lowest BCUT2D eigenvalue weighted by Gasteiger charge is -2.20. The van der Waals surface area contributed by atoms with Crippen molar-refractivity contribution >= 4 is 0 Å². The summed E-state index contributed by atoms with van der Waals surface area (Å²) < 4.78 is 0. The Morgan fingerprint density at radius 1 is 0.870 bits per heavy atom. The van der Waals surface area contributed by atoms with Gasteiger partial charge in [0, 0.05) is 38.6 Å². The average Bonchev–Trinajstić information content (AvgIpc) is 2.59. The number of hydrogen-bond donors (Lipinski definition) is 1. The van der Waals surface area contributed by atoms with E-state index in [9.17, 15) is 0 Å². The van der Waals surface area contributed by atoms with Crippen LogP contribution in [0, 0.1) is 0 Å². The lowest BCUT2D eigenvalue weighted by atomic mass is 10.3. The Balaban J connectivity index is 0.000000868.